The first-order valence-corrected chi connectivity index (χ1v) is 17.6. The van der Waals surface area contributed by atoms with Gasteiger partial charge in [-0.2, -0.15) is 22.7 Å². The van der Waals surface area contributed by atoms with Crippen molar-refractivity contribution in [2.75, 3.05) is 49.6 Å². The monoisotopic (exact) mass is 763 g/mol. The van der Waals surface area contributed by atoms with Gasteiger partial charge in [-0.3, -0.25) is 19.2 Å². The molecule has 14 nitrogen and oxygen atoms in total. The van der Waals surface area contributed by atoms with Gasteiger partial charge in [0.15, 0.2) is 5.82 Å². The van der Waals surface area contributed by atoms with E-state index in [2.05, 4.69) is 20.5 Å². The SMILES string of the molecule is CCc1c(N2CCN(C(=O)c3c[nH]n(C4CCC4)c3=O)CC2)c(=O)n2nc(C3=CCOCC3)nc2n1CC(=O)Nc1cc(Cl)c(C(F)(F)F)cc1Cl. The zero-order chi connectivity index (χ0) is 36.9. The second-order valence-corrected chi connectivity index (χ2v) is 13.6. The Labute approximate surface area is 303 Å². The number of ether oxygens (including phenoxy) is 1. The molecule has 0 atom stereocenters. The summed E-state index contributed by atoms with van der Waals surface area (Å²) in [5, 5.41) is 9.00. The van der Waals surface area contributed by atoms with Gasteiger partial charge in [0, 0.05) is 32.4 Å². The van der Waals surface area contributed by atoms with E-state index in [0.29, 0.717) is 37.2 Å². The van der Waals surface area contributed by atoms with E-state index in [9.17, 15) is 32.3 Å². The highest BCUT2D eigenvalue weighted by molar-refractivity contribution is 6.36. The Balaban J connectivity index is 1.20. The van der Waals surface area contributed by atoms with Crippen LogP contribution in [0.4, 0.5) is 24.5 Å². The van der Waals surface area contributed by atoms with Crippen LogP contribution in [0, 0.1) is 0 Å². The van der Waals surface area contributed by atoms with E-state index in [-0.39, 0.29) is 71.9 Å². The molecule has 2 fully saturated rings. The third-order valence-electron chi connectivity index (χ3n) is 9.70. The van der Waals surface area contributed by atoms with Gasteiger partial charge in [0.2, 0.25) is 11.7 Å². The van der Waals surface area contributed by atoms with Crippen LogP contribution in [0.5, 0.6) is 0 Å². The molecule has 3 aliphatic rings. The molecule has 4 aromatic rings. The maximum absolute atomic E-state index is 14.2. The number of anilines is 2. The van der Waals surface area contributed by atoms with Gasteiger partial charge in [-0.25, -0.2) is 4.68 Å². The van der Waals surface area contributed by atoms with Crippen molar-refractivity contribution < 1.29 is 27.5 Å². The van der Waals surface area contributed by atoms with Crippen LogP contribution in [0.2, 0.25) is 10.0 Å². The largest absolute Gasteiger partial charge is 0.417 e. The predicted molar refractivity (Wildman–Crippen MR) is 186 cm³/mol. The molecule has 3 aromatic heterocycles. The van der Waals surface area contributed by atoms with Gasteiger partial charge in [0.25, 0.3) is 17.0 Å². The first-order valence-electron chi connectivity index (χ1n) is 16.9. The summed E-state index contributed by atoms with van der Waals surface area (Å²) in [6, 6.07) is 1.65. The first-order chi connectivity index (χ1) is 24.8. The van der Waals surface area contributed by atoms with Crippen molar-refractivity contribution in [3.05, 3.63) is 77.8 Å². The van der Waals surface area contributed by atoms with E-state index in [0.717, 1.165) is 35.4 Å². The van der Waals surface area contributed by atoms with Crippen LogP contribution in [0.1, 0.15) is 66.1 Å². The van der Waals surface area contributed by atoms with Crippen molar-refractivity contribution in [3.63, 3.8) is 0 Å². The van der Waals surface area contributed by atoms with E-state index in [4.69, 9.17) is 27.9 Å². The number of rotatable bonds is 8. The highest BCUT2D eigenvalue weighted by Gasteiger charge is 2.35. The number of benzene rings is 1. The number of amides is 2. The quantitative estimate of drug-likeness (QED) is 0.268. The average Bonchev–Trinajstić information content (AvgIpc) is 3.71. The maximum Gasteiger partial charge on any atom is 0.417 e. The van der Waals surface area contributed by atoms with Crippen LogP contribution in [0.3, 0.4) is 0 Å². The molecule has 52 heavy (non-hydrogen) atoms. The van der Waals surface area contributed by atoms with Gasteiger partial charge in [-0.15, -0.1) is 5.10 Å². The summed E-state index contributed by atoms with van der Waals surface area (Å²) in [6.45, 7) is 3.12. The summed E-state index contributed by atoms with van der Waals surface area (Å²) < 4.78 is 49.7. The third-order valence-corrected chi connectivity index (χ3v) is 10.3. The first kappa shape index (κ1) is 35.8. The average molecular weight is 765 g/mol. The van der Waals surface area contributed by atoms with Crippen LogP contribution in [0.15, 0.2) is 34.0 Å². The molecule has 5 heterocycles. The molecular formula is C33H34Cl2F3N9O5. The minimum absolute atomic E-state index is 0.0661. The van der Waals surface area contributed by atoms with E-state index in [1.54, 1.807) is 9.47 Å². The normalized spacial score (nSPS) is 17.0. The number of alkyl halides is 3. The Morgan fingerprint density at radius 3 is 2.46 bits per heavy atom. The van der Waals surface area contributed by atoms with Crippen LogP contribution in [-0.2, 0) is 28.7 Å². The molecule has 2 aliphatic heterocycles. The highest BCUT2D eigenvalue weighted by atomic mass is 35.5. The third kappa shape index (κ3) is 6.60. The van der Waals surface area contributed by atoms with E-state index < -0.39 is 40.7 Å². The van der Waals surface area contributed by atoms with Crippen LogP contribution < -0.4 is 21.3 Å². The van der Waals surface area contributed by atoms with Gasteiger partial charge in [0.1, 0.15) is 17.8 Å². The summed E-state index contributed by atoms with van der Waals surface area (Å²) >= 11 is 12.0. The number of nitrogens with zero attached hydrogens (tertiary/aromatic N) is 7. The molecule has 0 bridgehead atoms. The maximum atomic E-state index is 14.2. The molecule has 1 saturated heterocycles. The number of halogens is 5. The minimum Gasteiger partial charge on any atom is -0.377 e. The molecule has 0 spiro atoms. The Hall–Kier alpha value is -4.61. The van der Waals surface area contributed by atoms with Gasteiger partial charge >= 0.3 is 6.18 Å². The number of fused-ring (bicyclic) bond motifs is 1. The molecule has 19 heteroatoms. The molecular weight excluding hydrogens is 730 g/mol. The second kappa shape index (κ2) is 14.1. The molecule has 276 valence electrons. The van der Waals surface area contributed by atoms with Crippen molar-refractivity contribution in [3.8, 4) is 0 Å². The fourth-order valence-corrected chi connectivity index (χ4v) is 7.23. The summed E-state index contributed by atoms with van der Waals surface area (Å²) in [5.74, 6) is -0.690. The fraction of sp³-hybridized carbons (Fsp3) is 0.455. The predicted octanol–water partition coefficient (Wildman–Crippen LogP) is 4.40. The lowest BCUT2D eigenvalue weighted by atomic mass is 9.93. The highest BCUT2D eigenvalue weighted by Crippen LogP contribution is 2.39. The molecule has 1 aromatic carbocycles. The smallest absolute Gasteiger partial charge is 0.377 e. The topological polar surface area (TPSA) is 152 Å². The molecule has 2 N–H and O–H groups in total. The number of nitrogens with one attached hydrogen (secondary N) is 2. The van der Waals surface area contributed by atoms with Gasteiger partial charge in [-0.1, -0.05) is 36.2 Å². The number of H-pyrrole nitrogens is 1. The Kier molecular flexibility index (Phi) is 9.69. The number of aromatic nitrogens is 6. The fourth-order valence-electron chi connectivity index (χ4n) is 6.75. The van der Waals surface area contributed by atoms with E-state index in [1.807, 2.05) is 17.9 Å². The standard InChI is InChI=1S/C33H34Cl2F3N9O5/c1-2-25-27(43-8-10-44(11-9-43)29(49)20-16-39-46(30(20)50)19-4-3-5-19)31(51)47-32(41-28(42-47)18-6-12-52-13-7-18)45(25)17-26(48)40-24-15-22(34)21(14-23(24)35)33(36,37)38/h6,14-16,19,39H,2-5,7-13,17H2,1H3,(H,40,48). The van der Waals surface area contributed by atoms with Crippen molar-refractivity contribution in [1.82, 2.24) is 33.8 Å². The van der Waals surface area contributed by atoms with Crippen LogP contribution >= 0.6 is 23.2 Å². The summed E-state index contributed by atoms with van der Waals surface area (Å²) in [6.07, 6.45) is 2.10. The number of aromatic amines is 1. The second-order valence-electron chi connectivity index (χ2n) is 12.8. The van der Waals surface area contributed by atoms with Crippen molar-refractivity contribution in [2.24, 2.45) is 0 Å². The Bertz CT molecular complexity index is 2210. The Morgan fingerprint density at radius 1 is 1.08 bits per heavy atom. The van der Waals surface area contributed by atoms with Crippen LogP contribution in [-0.4, -0.2) is 85.1 Å². The summed E-state index contributed by atoms with van der Waals surface area (Å²) in [4.78, 5) is 62.2. The number of hydrogen-bond donors (Lipinski definition) is 2. The molecule has 0 radical (unpaired) electrons. The summed E-state index contributed by atoms with van der Waals surface area (Å²) in [7, 11) is 0. The molecule has 1 saturated carbocycles. The summed E-state index contributed by atoms with van der Waals surface area (Å²) in [5.41, 5.74) is -0.538. The number of carbonyl (C=O) groups is 2. The Morgan fingerprint density at radius 2 is 1.83 bits per heavy atom. The lowest BCUT2D eigenvalue weighted by molar-refractivity contribution is -0.137. The number of carbonyl (C=O) groups excluding carboxylic acids is 2. The van der Waals surface area contributed by atoms with Crippen LogP contribution in [0.25, 0.3) is 11.4 Å². The zero-order valence-electron chi connectivity index (χ0n) is 27.9. The van der Waals surface area contributed by atoms with Crippen molar-refractivity contribution >= 4 is 57.7 Å². The van der Waals surface area contributed by atoms with Gasteiger partial charge < -0.3 is 29.5 Å². The van der Waals surface area contributed by atoms with Crippen molar-refractivity contribution in [2.45, 2.75) is 57.8 Å². The molecule has 1 aliphatic carbocycles. The zero-order valence-corrected chi connectivity index (χ0v) is 29.4. The van der Waals surface area contributed by atoms with Crippen molar-refractivity contribution in [1.29, 1.82) is 0 Å². The molecule has 0 unspecified atom stereocenters. The minimum atomic E-state index is -4.75. The van der Waals surface area contributed by atoms with Gasteiger partial charge in [0.05, 0.1) is 46.2 Å². The van der Waals surface area contributed by atoms with E-state index in [1.165, 1.54) is 10.9 Å². The number of hydrogen-bond acceptors (Lipinski definition) is 8. The number of piperazine rings is 1. The lowest BCUT2D eigenvalue weighted by Gasteiger charge is -2.36. The van der Waals surface area contributed by atoms with E-state index >= 15 is 0 Å². The molecule has 2 amide bonds. The lowest BCUT2D eigenvalue weighted by Crippen LogP contribution is -2.51. The van der Waals surface area contributed by atoms with Gasteiger partial charge in [-0.05, 0) is 49.8 Å². The molecule has 7 rings (SSSR count).